The molecule has 2 aromatic carbocycles. The monoisotopic (exact) mass is 509 g/mol. The minimum absolute atomic E-state index is 0.0161. The van der Waals surface area contributed by atoms with Gasteiger partial charge in [-0.1, -0.05) is 6.92 Å². The van der Waals surface area contributed by atoms with Crippen molar-refractivity contribution in [3.8, 4) is 0 Å². The fourth-order valence-electron chi connectivity index (χ4n) is 6.66. The SMILES string of the molecule is CC(C(=O)N1CCC(c2cn(C)c3ccc(NS(=O)(=O)c4ccc(F)cc4)cc23)CC1)C12CC(C1)C2. The van der Waals surface area contributed by atoms with Gasteiger partial charge in [-0.15, -0.1) is 0 Å². The minimum Gasteiger partial charge on any atom is -0.350 e. The second kappa shape index (κ2) is 8.33. The van der Waals surface area contributed by atoms with Crippen LogP contribution in [0.25, 0.3) is 10.9 Å². The summed E-state index contributed by atoms with van der Waals surface area (Å²) < 4.78 is 43.6. The highest BCUT2D eigenvalue weighted by atomic mass is 32.2. The van der Waals surface area contributed by atoms with Crippen molar-refractivity contribution in [1.82, 2.24) is 9.47 Å². The number of piperidine rings is 1. The van der Waals surface area contributed by atoms with E-state index in [1.54, 1.807) is 6.07 Å². The number of carbonyl (C=O) groups is 1. The maximum Gasteiger partial charge on any atom is 0.261 e. The number of aromatic nitrogens is 1. The Morgan fingerprint density at radius 1 is 1.08 bits per heavy atom. The van der Waals surface area contributed by atoms with E-state index in [-0.39, 0.29) is 10.8 Å². The first kappa shape index (κ1) is 23.5. The van der Waals surface area contributed by atoms with Crippen LogP contribution in [0.1, 0.15) is 50.5 Å². The average molecular weight is 510 g/mol. The molecule has 1 amide bonds. The molecule has 4 fully saturated rings. The molecule has 7 rings (SSSR count). The second-order valence-corrected chi connectivity index (χ2v) is 12.8. The number of sulfonamides is 1. The zero-order valence-electron chi connectivity index (χ0n) is 20.7. The minimum atomic E-state index is -3.83. The number of halogens is 1. The summed E-state index contributed by atoms with van der Waals surface area (Å²) >= 11 is 0. The molecule has 4 aliphatic rings. The largest absolute Gasteiger partial charge is 0.350 e. The molecule has 1 aromatic heterocycles. The van der Waals surface area contributed by atoms with E-state index in [0.717, 1.165) is 54.9 Å². The van der Waals surface area contributed by atoms with E-state index in [2.05, 4.69) is 27.3 Å². The fraction of sp³-hybridized carbons (Fsp3) is 0.464. The van der Waals surface area contributed by atoms with Crippen LogP contribution in [0.15, 0.2) is 53.6 Å². The number of nitrogens with one attached hydrogen (secondary N) is 1. The number of anilines is 1. The van der Waals surface area contributed by atoms with Crippen LogP contribution in [0.5, 0.6) is 0 Å². The zero-order valence-corrected chi connectivity index (χ0v) is 21.5. The summed E-state index contributed by atoms with van der Waals surface area (Å²) in [5.41, 5.74) is 2.99. The molecule has 1 unspecified atom stereocenters. The van der Waals surface area contributed by atoms with Crippen molar-refractivity contribution in [3.63, 3.8) is 0 Å². The Bertz CT molecular complexity index is 1420. The third kappa shape index (κ3) is 3.81. The standard InChI is InChI=1S/C28H32FN3O3S/c1-18(28-14-19(15-28)16-28)27(33)32-11-9-20(10-12-32)25-17-31(2)26-8-5-22(13-24(25)26)30-36(34,35)23-6-3-21(29)4-7-23/h3-8,13,17-20,30H,9-12,14-16H2,1-2H3. The van der Waals surface area contributed by atoms with E-state index in [1.807, 2.05) is 19.2 Å². The number of likely N-dealkylation sites (tertiary alicyclic amines) is 1. The molecule has 36 heavy (non-hydrogen) atoms. The van der Waals surface area contributed by atoms with Gasteiger partial charge in [0, 0.05) is 48.8 Å². The van der Waals surface area contributed by atoms with Gasteiger partial charge in [-0.2, -0.15) is 0 Å². The van der Waals surface area contributed by atoms with Gasteiger partial charge in [-0.3, -0.25) is 9.52 Å². The van der Waals surface area contributed by atoms with Crippen molar-refractivity contribution in [2.75, 3.05) is 17.8 Å². The van der Waals surface area contributed by atoms with Gasteiger partial charge in [0.1, 0.15) is 5.82 Å². The first-order valence-electron chi connectivity index (χ1n) is 12.8. The number of carbonyl (C=O) groups excluding carboxylic acids is 1. The molecule has 2 bridgehead atoms. The molecule has 2 heterocycles. The van der Waals surface area contributed by atoms with Gasteiger partial charge in [0.05, 0.1) is 4.90 Å². The normalized spacial score (nSPS) is 24.8. The van der Waals surface area contributed by atoms with Crippen molar-refractivity contribution in [1.29, 1.82) is 0 Å². The molecule has 1 N–H and O–H groups in total. The lowest BCUT2D eigenvalue weighted by atomic mass is 9.40. The van der Waals surface area contributed by atoms with E-state index >= 15 is 0 Å². The molecule has 8 heteroatoms. The molecule has 3 saturated carbocycles. The lowest BCUT2D eigenvalue weighted by Crippen LogP contribution is -2.59. The Balaban J connectivity index is 1.19. The van der Waals surface area contributed by atoms with Crippen molar-refractivity contribution in [3.05, 3.63) is 60.0 Å². The van der Waals surface area contributed by atoms with E-state index < -0.39 is 15.8 Å². The molecule has 190 valence electrons. The van der Waals surface area contributed by atoms with E-state index in [0.29, 0.717) is 22.9 Å². The molecule has 3 aliphatic carbocycles. The number of benzene rings is 2. The fourth-order valence-corrected chi connectivity index (χ4v) is 7.71. The predicted molar refractivity (Wildman–Crippen MR) is 138 cm³/mol. The number of rotatable bonds is 6. The molecule has 6 nitrogen and oxygen atoms in total. The number of fused-ring (bicyclic) bond motifs is 1. The summed E-state index contributed by atoms with van der Waals surface area (Å²) in [6.07, 6.45) is 7.64. The van der Waals surface area contributed by atoms with Crippen LogP contribution in [-0.4, -0.2) is 36.9 Å². The van der Waals surface area contributed by atoms with E-state index in [9.17, 15) is 17.6 Å². The predicted octanol–water partition coefficient (Wildman–Crippen LogP) is 5.26. The van der Waals surface area contributed by atoms with Gasteiger partial charge in [0.2, 0.25) is 5.91 Å². The maximum absolute atomic E-state index is 13.2. The van der Waals surface area contributed by atoms with Crippen molar-refractivity contribution in [2.24, 2.45) is 24.3 Å². The topological polar surface area (TPSA) is 71.4 Å². The van der Waals surface area contributed by atoms with Crippen LogP contribution < -0.4 is 4.72 Å². The molecular weight excluding hydrogens is 477 g/mol. The third-order valence-electron chi connectivity index (χ3n) is 9.02. The summed E-state index contributed by atoms with van der Waals surface area (Å²) in [6.45, 7) is 3.66. The van der Waals surface area contributed by atoms with Crippen LogP contribution in [0.3, 0.4) is 0 Å². The Labute approximate surface area is 211 Å². The summed E-state index contributed by atoms with van der Waals surface area (Å²) in [4.78, 5) is 15.3. The number of nitrogens with zero attached hydrogens (tertiary/aromatic N) is 2. The van der Waals surface area contributed by atoms with Gasteiger partial charge in [-0.05, 0) is 97.4 Å². The number of amides is 1. The lowest BCUT2D eigenvalue weighted by Gasteiger charge is -2.64. The Hall–Kier alpha value is -2.87. The lowest BCUT2D eigenvalue weighted by molar-refractivity contribution is -0.173. The van der Waals surface area contributed by atoms with Gasteiger partial charge in [-0.25, -0.2) is 12.8 Å². The van der Waals surface area contributed by atoms with Gasteiger partial charge in [0.25, 0.3) is 10.0 Å². The first-order valence-corrected chi connectivity index (χ1v) is 14.3. The van der Waals surface area contributed by atoms with Gasteiger partial charge >= 0.3 is 0 Å². The van der Waals surface area contributed by atoms with E-state index in [4.69, 9.17) is 0 Å². The highest BCUT2D eigenvalue weighted by Gasteiger charge is 2.61. The molecule has 1 aliphatic heterocycles. The number of hydrogen-bond acceptors (Lipinski definition) is 3. The number of hydrogen-bond donors (Lipinski definition) is 1. The zero-order chi connectivity index (χ0) is 25.2. The van der Waals surface area contributed by atoms with Crippen LogP contribution in [0, 0.1) is 23.1 Å². The van der Waals surface area contributed by atoms with Crippen molar-refractivity contribution in [2.45, 2.75) is 49.8 Å². The maximum atomic E-state index is 13.2. The molecule has 1 saturated heterocycles. The first-order chi connectivity index (χ1) is 17.1. The third-order valence-corrected chi connectivity index (χ3v) is 10.4. The Kier molecular flexibility index (Phi) is 5.44. The van der Waals surface area contributed by atoms with Gasteiger partial charge < -0.3 is 9.47 Å². The highest BCUT2D eigenvalue weighted by Crippen LogP contribution is 2.68. The summed E-state index contributed by atoms with van der Waals surface area (Å²) in [6, 6.07) is 10.3. The summed E-state index contributed by atoms with van der Waals surface area (Å²) in [5.74, 6) is 1.16. The van der Waals surface area contributed by atoms with Crippen LogP contribution in [-0.2, 0) is 21.9 Å². The van der Waals surface area contributed by atoms with Crippen molar-refractivity contribution >= 4 is 32.5 Å². The second-order valence-electron chi connectivity index (χ2n) is 11.1. The quantitative estimate of drug-likeness (QED) is 0.493. The molecule has 1 atom stereocenters. The number of aryl methyl sites for hydroxylation is 1. The van der Waals surface area contributed by atoms with Gasteiger partial charge in [0.15, 0.2) is 0 Å². The smallest absolute Gasteiger partial charge is 0.261 e. The summed E-state index contributed by atoms with van der Waals surface area (Å²) in [7, 11) is -1.83. The molecular formula is C28H32FN3O3S. The van der Waals surface area contributed by atoms with Crippen LogP contribution >= 0.6 is 0 Å². The molecule has 0 spiro atoms. The molecule has 3 aromatic rings. The van der Waals surface area contributed by atoms with Crippen LogP contribution in [0.2, 0.25) is 0 Å². The highest BCUT2D eigenvalue weighted by molar-refractivity contribution is 7.92. The van der Waals surface area contributed by atoms with Crippen molar-refractivity contribution < 1.29 is 17.6 Å². The molecule has 0 radical (unpaired) electrons. The summed E-state index contributed by atoms with van der Waals surface area (Å²) in [5, 5.41) is 1.02. The van der Waals surface area contributed by atoms with E-state index in [1.165, 1.54) is 37.0 Å². The van der Waals surface area contributed by atoms with Crippen LogP contribution in [0.4, 0.5) is 10.1 Å². The average Bonchev–Trinajstić information content (AvgIpc) is 3.12. The Morgan fingerprint density at radius 3 is 2.36 bits per heavy atom. The Morgan fingerprint density at radius 2 is 1.75 bits per heavy atom.